The molecule has 1 amide bonds. The Bertz CT molecular complexity index is 473. The molecular formula is C15H19ClN2OS. The highest BCUT2D eigenvalue weighted by Gasteiger charge is 2.06. The Morgan fingerprint density at radius 3 is 2.85 bits per heavy atom. The highest BCUT2D eigenvalue weighted by molar-refractivity contribution is 7.99. The Morgan fingerprint density at radius 1 is 1.35 bits per heavy atom. The van der Waals surface area contributed by atoms with Gasteiger partial charge in [-0.2, -0.15) is 0 Å². The molecule has 0 fully saturated rings. The van der Waals surface area contributed by atoms with Crippen LogP contribution < -0.4 is 10.6 Å². The van der Waals surface area contributed by atoms with Crippen molar-refractivity contribution in [1.82, 2.24) is 10.6 Å². The summed E-state index contributed by atoms with van der Waals surface area (Å²) in [6, 6.07) is 7.74. The number of amides is 1. The van der Waals surface area contributed by atoms with Crippen molar-refractivity contribution < 1.29 is 4.79 Å². The van der Waals surface area contributed by atoms with Crippen LogP contribution >= 0.6 is 23.4 Å². The summed E-state index contributed by atoms with van der Waals surface area (Å²) >= 11 is 7.45. The van der Waals surface area contributed by atoms with Crippen LogP contribution in [0.2, 0.25) is 5.02 Å². The van der Waals surface area contributed by atoms with Crippen LogP contribution in [0.4, 0.5) is 0 Å². The molecule has 1 aliphatic rings. The maximum atomic E-state index is 11.7. The van der Waals surface area contributed by atoms with Crippen LogP contribution in [0.3, 0.4) is 0 Å². The standard InChI is InChI=1S/C15H19ClN2OS/c16-14-3-1-13(2-4-14)10-20-11-15(19)18-9-12-5-7-17-8-6-12/h1-5,17H,6-11H2,(H,18,19). The molecule has 2 N–H and O–H groups in total. The van der Waals surface area contributed by atoms with Gasteiger partial charge in [-0.3, -0.25) is 4.79 Å². The molecule has 0 radical (unpaired) electrons. The van der Waals surface area contributed by atoms with Crippen LogP contribution in [0, 0.1) is 0 Å². The second-order valence-corrected chi connectivity index (χ2v) is 6.13. The van der Waals surface area contributed by atoms with Gasteiger partial charge in [-0.1, -0.05) is 35.4 Å². The fraction of sp³-hybridized carbons (Fsp3) is 0.400. The van der Waals surface area contributed by atoms with Gasteiger partial charge >= 0.3 is 0 Å². The van der Waals surface area contributed by atoms with E-state index in [0.717, 1.165) is 30.3 Å². The summed E-state index contributed by atoms with van der Waals surface area (Å²) in [4.78, 5) is 11.7. The van der Waals surface area contributed by atoms with Crippen molar-refractivity contribution in [1.29, 1.82) is 0 Å². The molecule has 1 aliphatic heterocycles. The molecule has 0 aromatic heterocycles. The van der Waals surface area contributed by atoms with Gasteiger partial charge in [0.2, 0.25) is 5.91 Å². The quantitative estimate of drug-likeness (QED) is 0.794. The predicted molar refractivity (Wildman–Crippen MR) is 86.2 cm³/mol. The zero-order chi connectivity index (χ0) is 14.2. The summed E-state index contributed by atoms with van der Waals surface area (Å²) < 4.78 is 0. The lowest BCUT2D eigenvalue weighted by molar-refractivity contribution is -0.118. The van der Waals surface area contributed by atoms with E-state index in [1.165, 1.54) is 11.1 Å². The lowest BCUT2D eigenvalue weighted by atomic mass is 10.1. The third kappa shape index (κ3) is 5.57. The first-order chi connectivity index (χ1) is 9.74. The van der Waals surface area contributed by atoms with E-state index in [4.69, 9.17) is 11.6 Å². The Morgan fingerprint density at radius 2 is 2.15 bits per heavy atom. The molecule has 3 nitrogen and oxygen atoms in total. The van der Waals surface area contributed by atoms with E-state index < -0.39 is 0 Å². The number of benzene rings is 1. The molecule has 2 rings (SSSR count). The largest absolute Gasteiger partial charge is 0.352 e. The third-order valence-electron chi connectivity index (χ3n) is 3.09. The number of halogens is 1. The summed E-state index contributed by atoms with van der Waals surface area (Å²) in [5.41, 5.74) is 2.51. The van der Waals surface area contributed by atoms with Crippen molar-refractivity contribution in [3.63, 3.8) is 0 Å². The molecule has 1 aromatic carbocycles. The van der Waals surface area contributed by atoms with Crippen LogP contribution in [0.1, 0.15) is 12.0 Å². The van der Waals surface area contributed by atoms with E-state index in [2.05, 4.69) is 16.7 Å². The van der Waals surface area contributed by atoms with Crippen LogP contribution in [0.15, 0.2) is 35.9 Å². The van der Waals surface area contributed by atoms with Crippen molar-refractivity contribution in [3.05, 3.63) is 46.5 Å². The Kier molecular flexibility index (Phi) is 6.43. The van der Waals surface area contributed by atoms with Crippen LogP contribution in [0.5, 0.6) is 0 Å². The summed E-state index contributed by atoms with van der Waals surface area (Å²) in [6.45, 7) is 2.60. The van der Waals surface area contributed by atoms with Crippen molar-refractivity contribution in [2.24, 2.45) is 0 Å². The summed E-state index contributed by atoms with van der Waals surface area (Å²) in [7, 11) is 0. The smallest absolute Gasteiger partial charge is 0.230 e. The molecule has 0 bridgehead atoms. The average molecular weight is 311 g/mol. The van der Waals surface area contributed by atoms with Crippen molar-refractivity contribution >= 4 is 29.3 Å². The zero-order valence-corrected chi connectivity index (χ0v) is 12.9. The number of rotatable bonds is 6. The van der Waals surface area contributed by atoms with E-state index in [9.17, 15) is 4.79 Å². The number of nitrogens with one attached hydrogen (secondary N) is 2. The fourth-order valence-corrected chi connectivity index (χ4v) is 2.88. The molecule has 0 saturated heterocycles. The highest BCUT2D eigenvalue weighted by Crippen LogP contribution is 2.15. The first-order valence-electron chi connectivity index (χ1n) is 6.71. The van der Waals surface area contributed by atoms with E-state index in [1.54, 1.807) is 11.8 Å². The molecule has 0 unspecified atom stereocenters. The van der Waals surface area contributed by atoms with Gasteiger partial charge in [0.05, 0.1) is 5.75 Å². The second kappa shape index (κ2) is 8.35. The van der Waals surface area contributed by atoms with E-state index in [-0.39, 0.29) is 5.91 Å². The fourth-order valence-electron chi connectivity index (χ4n) is 1.94. The van der Waals surface area contributed by atoms with Gasteiger partial charge < -0.3 is 10.6 Å². The molecule has 1 heterocycles. The van der Waals surface area contributed by atoms with Gasteiger partial charge in [-0.15, -0.1) is 11.8 Å². The van der Waals surface area contributed by atoms with Gasteiger partial charge in [0, 0.05) is 23.9 Å². The van der Waals surface area contributed by atoms with Crippen LogP contribution in [0.25, 0.3) is 0 Å². The first kappa shape index (κ1) is 15.4. The predicted octanol–water partition coefficient (Wildman–Crippen LogP) is 2.61. The number of carbonyl (C=O) groups excluding carboxylic acids is 1. The van der Waals surface area contributed by atoms with E-state index in [0.29, 0.717) is 12.3 Å². The van der Waals surface area contributed by atoms with Gasteiger partial charge in [-0.25, -0.2) is 0 Å². The van der Waals surface area contributed by atoms with E-state index in [1.807, 2.05) is 24.3 Å². The molecule has 1 aromatic rings. The highest BCUT2D eigenvalue weighted by atomic mass is 35.5. The third-order valence-corrected chi connectivity index (χ3v) is 4.34. The van der Waals surface area contributed by atoms with Crippen molar-refractivity contribution in [2.45, 2.75) is 12.2 Å². The van der Waals surface area contributed by atoms with Gasteiger partial charge in [-0.05, 0) is 30.7 Å². The van der Waals surface area contributed by atoms with Crippen LogP contribution in [-0.2, 0) is 10.5 Å². The topological polar surface area (TPSA) is 41.1 Å². The number of carbonyl (C=O) groups is 1. The molecule has 108 valence electrons. The Hall–Kier alpha value is -0.970. The van der Waals surface area contributed by atoms with Crippen molar-refractivity contribution in [3.8, 4) is 0 Å². The van der Waals surface area contributed by atoms with Gasteiger partial charge in [0.15, 0.2) is 0 Å². The molecular weight excluding hydrogens is 292 g/mol. The normalized spacial score (nSPS) is 14.8. The zero-order valence-electron chi connectivity index (χ0n) is 11.3. The first-order valence-corrected chi connectivity index (χ1v) is 8.25. The minimum atomic E-state index is 0.100. The van der Waals surface area contributed by atoms with Crippen LogP contribution in [-0.4, -0.2) is 31.3 Å². The van der Waals surface area contributed by atoms with Gasteiger partial charge in [0.1, 0.15) is 0 Å². The Balaban J connectivity index is 1.62. The molecule has 0 atom stereocenters. The maximum Gasteiger partial charge on any atom is 0.230 e. The lowest BCUT2D eigenvalue weighted by Gasteiger charge is -2.14. The number of hydrogen-bond acceptors (Lipinski definition) is 3. The monoisotopic (exact) mass is 310 g/mol. The number of thioether (sulfide) groups is 1. The average Bonchev–Trinajstić information content (AvgIpc) is 2.48. The minimum Gasteiger partial charge on any atom is -0.352 e. The summed E-state index contributed by atoms with van der Waals surface area (Å²) in [5.74, 6) is 1.43. The van der Waals surface area contributed by atoms with E-state index >= 15 is 0 Å². The van der Waals surface area contributed by atoms with Gasteiger partial charge in [0.25, 0.3) is 0 Å². The maximum absolute atomic E-state index is 11.7. The Labute approximate surface area is 129 Å². The summed E-state index contributed by atoms with van der Waals surface area (Å²) in [6.07, 6.45) is 3.18. The molecule has 0 spiro atoms. The minimum absolute atomic E-state index is 0.100. The molecule has 20 heavy (non-hydrogen) atoms. The SMILES string of the molecule is O=C(CSCc1ccc(Cl)cc1)NCC1=CCNCC1. The number of hydrogen-bond donors (Lipinski definition) is 2. The molecule has 0 aliphatic carbocycles. The lowest BCUT2D eigenvalue weighted by Crippen LogP contribution is -2.30. The molecule has 5 heteroatoms. The molecule has 0 saturated carbocycles. The van der Waals surface area contributed by atoms with Crippen molar-refractivity contribution in [2.75, 3.05) is 25.4 Å². The summed E-state index contributed by atoms with van der Waals surface area (Å²) in [5, 5.41) is 6.97. The second-order valence-electron chi connectivity index (χ2n) is 4.71.